The van der Waals surface area contributed by atoms with E-state index in [9.17, 15) is 0 Å². The summed E-state index contributed by atoms with van der Waals surface area (Å²) in [4.78, 5) is 0. The lowest BCUT2D eigenvalue weighted by atomic mass is 10.0. The summed E-state index contributed by atoms with van der Waals surface area (Å²) in [5.41, 5.74) is 4.75. The smallest absolute Gasteiger partial charge is 0.0579 e. The molecule has 0 heterocycles. The molecular weight excluding hydrogens is 220 g/mol. The number of hydrogen-bond acceptors (Lipinski definition) is 2. The van der Waals surface area contributed by atoms with Crippen molar-refractivity contribution in [2.45, 2.75) is 19.9 Å². The molecule has 0 aromatic heterocycles. The minimum absolute atomic E-state index is 0.430. The third-order valence-electron chi connectivity index (χ3n) is 2.84. The summed E-state index contributed by atoms with van der Waals surface area (Å²) < 4.78 is 0. The van der Waals surface area contributed by atoms with Gasteiger partial charge in [-0.3, -0.25) is 0 Å². The van der Waals surface area contributed by atoms with Crippen molar-refractivity contribution in [2.24, 2.45) is 0 Å². The van der Waals surface area contributed by atoms with Crippen LogP contribution in [0.3, 0.4) is 0 Å². The molecule has 0 amide bonds. The fraction of sp³-hybridized carbons (Fsp3) is 0.250. The second kappa shape index (κ2) is 5.58. The molecule has 2 N–H and O–H groups in total. The molecule has 18 heavy (non-hydrogen) atoms. The highest BCUT2D eigenvalue weighted by Crippen LogP contribution is 2.29. The van der Waals surface area contributed by atoms with Crippen LogP contribution in [0.2, 0.25) is 0 Å². The quantitative estimate of drug-likeness (QED) is 0.836. The summed E-state index contributed by atoms with van der Waals surface area (Å²) in [5, 5.41) is 6.69. The molecule has 94 valence electrons. The van der Waals surface area contributed by atoms with Crippen LogP contribution in [0.4, 0.5) is 11.4 Å². The molecule has 2 aromatic rings. The van der Waals surface area contributed by atoms with Crippen LogP contribution >= 0.6 is 0 Å². The number of benzene rings is 2. The molecule has 0 aliphatic heterocycles. The third-order valence-corrected chi connectivity index (χ3v) is 2.84. The van der Waals surface area contributed by atoms with Gasteiger partial charge in [0, 0.05) is 13.1 Å². The Hall–Kier alpha value is -1.96. The fourth-order valence-electron chi connectivity index (χ4n) is 2.00. The first-order valence-corrected chi connectivity index (χ1v) is 6.34. The van der Waals surface area contributed by atoms with Crippen LogP contribution in [-0.4, -0.2) is 13.1 Å². The maximum absolute atomic E-state index is 3.44. The maximum Gasteiger partial charge on any atom is 0.0579 e. The molecular formula is C16H20N2. The second-order valence-corrected chi connectivity index (χ2v) is 4.68. The minimum atomic E-state index is 0.430. The summed E-state index contributed by atoms with van der Waals surface area (Å²) in [6.45, 7) is 4.29. The number of rotatable bonds is 4. The monoisotopic (exact) mass is 240 g/mol. The van der Waals surface area contributed by atoms with Crippen molar-refractivity contribution >= 4 is 11.4 Å². The van der Waals surface area contributed by atoms with Crippen molar-refractivity contribution in [3.8, 4) is 11.1 Å². The largest absolute Gasteiger partial charge is 0.386 e. The molecule has 0 aliphatic rings. The van der Waals surface area contributed by atoms with E-state index in [0.717, 1.165) is 11.4 Å². The average molecular weight is 240 g/mol. The van der Waals surface area contributed by atoms with Gasteiger partial charge in [-0.25, -0.2) is 0 Å². The van der Waals surface area contributed by atoms with E-state index in [0.29, 0.717) is 6.04 Å². The van der Waals surface area contributed by atoms with Crippen LogP contribution in [-0.2, 0) is 0 Å². The molecule has 0 unspecified atom stereocenters. The summed E-state index contributed by atoms with van der Waals surface area (Å²) in [5.74, 6) is 0. The van der Waals surface area contributed by atoms with E-state index < -0.39 is 0 Å². The SMILES string of the molecule is CNc1cc(-c2ccccc2)ccc1NC(C)C. The number of hydrogen-bond donors (Lipinski definition) is 2. The molecule has 0 saturated heterocycles. The van der Waals surface area contributed by atoms with E-state index in [1.807, 2.05) is 13.1 Å². The van der Waals surface area contributed by atoms with Gasteiger partial charge in [-0.15, -0.1) is 0 Å². The van der Waals surface area contributed by atoms with E-state index in [1.54, 1.807) is 0 Å². The van der Waals surface area contributed by atoms with Gasteiger partial charge in [-0.2, -0.15) is 0 Å². The van der Waals surface area contributed by atoms with Crippen LogP contribution in [0.5, 0.6) is 0 Å². The van der Waals surface area contributed by atoms with Crippen molar-refractivity contribution in [1.82, 2.24) is 0 Å². The zero-order valence-electron chi connectivity index (χ0n) is 11.2. The molecule has 0 bridgehead atoms. The lowest BCUT2D eigenvalue weighted by Gasteiger charge is -2.16. The Morgan fingerprint density at radius 2 is 1.56 bits per heavy atom. The molecule has 0 aliphatic carbocycles. The van der Waals surface area contributed by atoms with Gasteiger partial charge < -0.3 is 10.6 Å². The first kappa shape index (κ1) is 12.5. The first-order chi connectivity index (χ1) is 8.70. The highest BCUT2D eigenvalue weighted by atomic mass is 15.0. The Labute approximate surface area is 109 Å². The summed E-state index contributed by atoms with van der Waals surface area (Å²) >= 11 is 0. The van der Waals surface area contributed by atoms with Crippen molar-refractivity contribution in [3.05, 3.63) is 48.5 Å². The van der Waals surface area contributed by atoms with Crippen LogP contribution < -0.4 is 10.6 Å². The molecule has 0 radical (unpaired) electrons. The molecule has 2 rings (SSSR count). The van der Waals surface area contributed by atoms with E-state index >= 15 is 0 Å². The van der Waals surface area contributed by atoms with E-state index in [1.165, 1.54) is 11.1 Å². The Balaban J connectivity index is 2.36. The van der Waals surface area contributed by atoms with E-state index in [-0.39, 0.29) is 0 Å². The van der Waals surface area contributed by atoms with Gasteiger partial charge in [0.2, 0.25) is 0 Å². The van der Waals surface area contributed by atoms with Crippen molar-refractivity contribution < 1.29 is 0 Å². The molecule has 0 spiro atoms. The highest BCUT2D eigenvalue weighted by Gasteiger charge is 2.05. The summed E-state index contributed by atoms with van der Waals surface area (Å²) in [6.07, 6.45) is 0. The Kier molecular flexibility index (Phi) is 3.88. The molecule has 0 fully saturated rings. The van der Waals surface area contributed by atoms with Gasteiger partial charge in [0.25, 0.3) is 0 Å². The molecule has 0 atom stereocenters. The van der Waals surface area contributed by atoms with Crippen LogP contribution in [0.1, 0.15) is 13.8 Å². The number of nitrogens with one attached hydrogen (secondary N) is 2. The molecule has 2 aromatic carbocycles. The molecule has 0 saturated carbocycles. The van der Waals surface area contributed by atoms with Crippen LogP contribution in [0.25, 0.3) is 11.1 Å². The zero-order chi connectivity index (χ0) is 13.0. The van der Waals surface area contributed by atoms with Gasteiger partial charge >= 0.3 is 0 Å². The standard InChI is InChI=1S/C16H20N2/c1-12(2)18-15-10-9-14(11-16(15)17-3)13-7-5-4-6-8-13/h4-12,17-18H,1-3H3. The highest BCUT2D eigenvalue weighted by molar-refractivity contribution is 5.77. The average Bonchev–Trinajstić information content (AvgIpc) is 2.39. The fourth-order valence-corrected chi connectivity index (χ4v) is 2.00. The lowest BCUT2D eigenvalue weighted by Crippen LogP contribution is -2.11. The van der Waals surface area contributed by atoms with Gasteiger partial charge in [-0.05, 0) is 37.1 Å². The number of anilines is 2. The Morgan fingerprint density at radius 1 is 0.833 bits per heavy atom. The zero-order valence-corrected chi connectivity index (χ0v) is 11.2. The first-order valence-electron chi connectivity index (χ1n) is 6.34. The van der Waals surface area contributed by atoms with Gasteiger partial charge in [0.15, 0.2) is 0 Å². The predicted molar refractivity (Wildman–Crippen MR) is 80.2 cm³/mol. The van der Waals surface area contributed by atoms with Gasteiger partial charge in [-0.1, -0.05) is 36.4 Å². The topological polar surface area (TPSA) is 24.1 Å². The van der Waals surface area contributed by atoms with E-state index in [4.69, 9.17) is 0 Å². The molecule has 2 heteroatoms. The van der Waals surface area contributed by atoms with Crippen molar-refractivity contribution in [1.29, 1.82) is 0 Å². The van der Waals surface area contributed by atoms with Crippen molar-refractivity contribution in [3.63, 3.8) is 0 Å². The van der Waals surface area contributed by atoms with E-state index in [2.05, 4.69) is 66.9 Å². The normalized spacial score (nSPS) is 10.4. The minimum Gasteiger partial charge on any atom is -0.386 e. The third kappa shape index (κ3) is 2.83. The van der Waals surface area contributed by atoms with Crippen LogP contribution in [0.15, 0.2) is 48.5 Å². The Bertz CT molecular complexity index is 504. The maximum atomic E-state index is 3.44. The molecule has 2 nitrogen and oxygen atoms in total. The predicted octanol–water partition coefficient (Wildman–Crippen LogP) is 4.22. The van der Waals surface area contributed by atoms with Gasteiger partial charge in [0.1, 0.15) is 0 Å². The lowest BCUT2D eigenvalue weighted by molar-refractivity contribution is 0.900. The van der Waals surface area contributed by atoms with Crippen molar-refractivity contribution in [2.75, 3.05) is 17.7 Å². The van der Waals surface area contributed by atoms with Gasteiger partial charge in [0.05, 0.1) is 11.4 Å². The second-order valence-electron chi connectivity index (χ2n) is 4.68. The Morgan fingerprint density at radius 3 is 2.17 bits per heavy atom. The van der Waals surface area contributed by atoms with Crippen LogP contribution in [0, 0.1) is 0 Å². The summed E-state index contributed by atoms with van der Waals surface area (Å²) in [6, 6.07) is 17.3. The summed E-state index contributed by atoms with van der Waals surface area (Å²) in [7, 11) is 1.95.